The molecule has 2 atom stereocenters. The Morgan fingerprint density at radius 3 is 2.63 bits per heavy atom. The van der Waals surface area contributed by atoms with E-state index in [9.17, 15) is 13.2 Å². The summed E-state index contributed by atoms with van der Waals surface area (Å²) in [6.07, 6.45) is 3.54. The maximum Gasteiger partial charge on any atom is 0.275 e. The van der Waals surface area contributed by atoms with Crippen molar-refractivity contribution in [3.05, 3.63) is 45.7 Å². The van der Waals surface area contributed by atoms with Crippen molar-refractivity contribution in [2.75, 3.05) is 37.9 Å². The number of nitrogens with zero attached hydrogens (tertiary/aromatic N) is 3. The average molecular weight is 449 g/mol. The molecule has 5 heterocycles. The molecule has 0 radical (unpaired) electrons. The minimum Gasteiger partial charge on any atom is -0.310 e. The Morgan fingerprint density at radius 2 is 1.90 bits per heavy atom. The minimum absolute atomic E-state index is 0.138. The van der Waals surface area contributed by atoms with Crippen LogP contribution in [0.3, 0.4) is 0 Å². The van der Waals surface area contributed by atoms with Gasteiger partial charge in [0.25, 0.3) is 15.6 Å². The number of rotatable bonds is 4. The fourth-order valence-corrected chi connectivity index (χ4v) is 7.38. The molecule has 2 aromatic heterocycles. The molecule has 3 aliphatic heterocycles. The van der Waals surface area contributed by atoms with Gasteiger partial charge in [0.05, 0.1) is 0 Å². The smallest absolute Gasteiger partial charge is 0.275 e. The van der Waals surface area contributed by atoms with Gasteiger partial charge in [-0.05, 0) is 68.9 Å². The van der Waals surface area contributed by atoms with E-state index in [0.717, 1.165) is 49.6 Å². The van der Waals surface area contributed by atoms with E-state index in [1.54, 1.807) is 23.6 Å². The van der Waals surface area contributed by atoms with Crippen molar-refractivity contribution >= 4 is 27.0 Å². The van der Waals surface area contributed by atoms with E-state index in [-0.39, 0.29) is 15.5 Å². The lowest BCUT2D eigenvalue weighted by atomic mass is 9.82. The van der Waals surface area contributed by atoms with Crippen LogP contribution in [0, 0.1) is 5.92 Å². The first-order valence-corrected chi connectivity index (χ1v) is 13.0. The molecule has 30 heavy (non-hydrogen) atoms. The quantitative estimate of drug-likeness (QED) is 0.776. The molecule has 1 N–H and O–H groups in total. The number of piperidine rings is 2. The second kappa shape index (κ2) is 7.78. The molecule has 0 saturated carbocycles. The first-order valence-electron chi connectivity index (χ1n) is 10.6. The van der Waals surface area contributed by atoms with Crippen molar-refractivity contribution in [3.8, 4) is 0 Å². The van der Waals surface area contributed by atoms with Crippen molar-refractivity contribution in [1.82, 2.24) is 14.4 Å². The summed E-state index contributed by atoms with van der Waals surface area (Å²) >= 11 is 1.14. The predicted molar refractivity (Wildman–Crippen MR) is 119 cm³/mol. The van der Waals surface area contributed by atoms with Gasteiger partial charge in [-0.2, -0.15) is 0 Å². The van der Waals surface area contributed by atoms with Crippen LogP contribution in [0.2, 0.25) is 0 Å². The van der Waals surface area contributed by atoms with Crippen LogP contribution in [0.25, 0.3) is 0 Å². The summed E-state index contributed by atoms with van der Waals surface area (Å²) in [6.45, 7) is 5.00. The molecule has 2 aromatic rings. The molecule has 0 aliphatic carbocycles. The van der Waals surface area contributed by atoms with Gasteiger partial charge in [-0.3, -0.25) is 14.4 Å². The lowest BCUT2D eigenvalue weighted by molar-refractivity contribution is 0.0517. The Morgan fingerprint density at radius 1 is 1.10 bits per heavy atom. The number of hydrogen-bond donors (Lipinski definition) is 1. The highest BCUT2D eigenvalue weighted by molar-refractivity contribution is 7.94. The summed E-state index contributed by atoms with van der Waals surface area (Å²) in [4.78, 5) is 18.2. The predicted octanol–water partition coefficient (Wildman–Crippen LogP) is 2.22. The highest BCUT2D eigenvalue weighted by Crippen LogP contribution is 2.37. The van der Waals surface area contributed by atoms with Crippen molar-refractivity contribution in [3.63, 3.8) is 0 Å². The largest absolute Gasteiger partial charge is 0.310 e. The van der Waals surface area contributed by atoms with Gasteiger partial charge in [-0.25, -0.2) is 8.42 Å². The Hall–Kier alpha value is -1.68. The van der Waals surface area contributed by atoms with Crippen LogP contribution in [0.15, 0.2) is 38.6 Å². The highest BCUT2D eigenvalue weighted by atomic mass is 32.2. The SMILES string of the molecule is CN1CCC(N2CC3CC(C2)c2ccc(NS(=O)(=O)c4cccs4)c(=O)n2C3)CC1. The summed E-state index contributed by atoms with van der Waals surface area (Å²) in [5.74, 6) is 0.783. The number of fused-ring (bicyclic) bond motifs is 4. The topological polar surface area (TPSA) is 74.7 Å². The molecule has 0 amide bonds. The van der Waals surface area contributed by atoms with Crippen LogP contribution < -0.4 is 10.3 Å². The van der Waals surface area contributed by atoms with E-state index in [1.165, 1.54) is 12.8 Å². The second-order valence-corrected chi connectivity index (χ2v) is 11.8. The number of pyridine rings is 1. The molecule has 2 saturated heterocycles. The Bertz CT molecular complexity index is 1070. The molecule has 2 fully saturated rings. The second-order valence-electron chi connectivity index (χ2n) is 8.91. The fourth-order valence-electron chi connectivity index (χ4n) is 5.33. The Balaban J connectivity index is 1.38. The van der Waals surface area contributed by atoms with Crippen molar-refractivity contribution in [2.24, 2.45) is 5.92 Å². The first-order chi connectivity index (χ1) is 14.4. The molecule has 0 aromatic carbocycles. The third-order valence-corrected chi connectivity index (χ3v) is 9.60. The minimum atomic E-state index is -3.72. The molecule has 7 nitrogen and oxygen atoms in total. The number of aromatic nitrogens is 1. The molecule has 162 valence electrons. The molecule has 2 bridgehead atoms. The van der Waals surface area contributed by atoms with Gasteiger partial charge >= 0.3 is 0 Å². The third kappa shape index (κ3) is 3.72. The zero-order valence-electron chi connectivity index (χ0n) is 17.2. The van der Waals surface area contributed by atoms with E-state index < -0.39 is 10.0 Å². The number of hydrogen-bond acceptors (Lipinski definition) is 6. The fraction of sp³-hybridized carbons (Fsp3) is 0.571. The summed E-state index contributed by atoms with van der Waals surface area (Å²) in [5.41, 5.74) is 0.960. The first kappa shape index (κ1) is 20.2. The maximum atomic E-state index is 13.1. The zero-order chi connectivity index (χ0) is 20.9. The number of nitrogens with one attached hydrogen (secondary N) is 1. The van der Waals surface area contributed by atoms with E-state index in [2.05, 4.69) is 21.6 Å². The molecular formula is C21H28N4O3S2. The van der Waals surface area contributed by atoms with Crippen molar-refractivity contribution in [1.29, 1.82) is 0 Å². The molecule has 5 rings (SSSR count). The summed E-state index contributed by atoms with van der Waals surface area (Å²) < 4.78 is 29.7. The number of likely N-dealkylation sites (tertiary alicyclic amines) is 2. The number of sulfonamides is 1. The molecule has 9 heteroatoms. The van der Waals surface area contributed by atoms with Gasteiger partial charge in [0.1, 0.15) is 9.90 Å². The van der Waals surface area contributed by atoms with E-state index in [1.807, 2.05) is 10.6 Å². The maximum absolute atomic E-state index is 13.1. The van der Waals surface area contributed by atoms with Crippen LogP contribution in [0.5, 0.6) is 0 Å². The molecule has 2 unspecified atom stereocenters. The lowest BCUT2D eigenvalue weighted by Gasteiger charge is -2.47. The van der Waals surface area contributed by atoms with Crippen molar-refractivity contribution in [2.45, 2.75) is 42.0 Å². The summed E-state index contributed by atoms with van der Waals surface area (Å²) in [6, 6.07) is 7.48. The number of anilines is 1. The summed E-state index contributed by atoms with van der Waals surface area (Å²) in [5, 5.41) is 1.71. The highest BCUT2D eigenvalue weighted by Gasteiger charge is 2.38. The van der Waals surface area contributed by atoms with Crippen LogP contribution in [0.1, 0.15) is 30.9 Å². The molecular weight excluding hydrogens is 420 g/mol. The van der Waals surface area contributed by atoms with Crippen LogP contribution in [-0.2, 0) is 16.6 Å². The van der Waals surface area contributed by atoms with E-state index >= 15 is 0 Å². The van der Waals surface area contributed by atoms with Gasteiger partial charge in [-0.15, -0.1) is 11.3 Å². The Kier molecular flexibility index (Phi) is 5.25. The van der Waals surface area contributed by atoms with Gasteiger partial charge in [0.2, 0.25) is 0 Å². The number of thiophene rings is 1. The normalized spacial score (nSPS) is 25.8. The van der Waals surface area contributed by atoms with Crippen LogP contribution >= 0.6 is 11.3 Å². The monoisotopic (exact) mass is 448 g/mol. The van der Waals surface area contributed by atoms with E-state index in [0.29, 0.717) is 24.4 Å². The zero-order valence-corrected chi connectivity index (χ0v) is 18.8. The van der Waals surface area contributed by atoms with E-state index in [4.69, 9.17) is 0 Å². The van der Waals surface area contributed by atoms with Crippen LogP contribution in [-0.4, -0.2) is 62.1 Å². The Labute approximate surface area is 181 Å². The molecule has 3 aliphatic rings. The molecule has 0 spiro atoms. The van der Waals surface area contributed by atoms with Gasteiger partial charge in [-0.1, -0.05) is 6.07 Å². The third-order valence-electron chi connectivity index (χ3n) is 6.84. The average Bonchev–Trinajstić information content (AvgIpc) is 3.27. The lowest BCUT2D eigenvalue weighted by Crippen LogP contribution is -2.53. The van der Waals surface area contributed by atoms with Gasteiger partial charge in [0.15, 0.2) is 0 Å². The summed E-state index contributed by atoms with van der Waals surface area (Å²) in [7, 11) is -1.53. The van der Waals surface area contributed by atoms with Crippen LogP contribution in [0.4, 0.5) is 5.69 Å². The van der Waals surface area contributed by atoms with Gasteiger partial charge in [0, 0.05) is 37.3 Å². The van der Waals surface area contributed by atoms with Gasteiger partial charge < -0.3 is 9.47 Å². The standard InChI is InChI=1S/C21H28N4O3S2/c1-23-8-6-17(7-9-23)24-12-15-11-16(14-24)19-5-4-18(21(26)25(19)13-15)22-30(27,28)20-3-2-10-29-20/h2-5,10,15-17,22H,6-9,11-14H2,1H3. The van der Waals surface area contributed by atoms with Crippen molar-refractivity contribution < 1.29 is 8.42 Å².